The molecule has 1 saturated heterocycles. The largest absolute Gasteiger partial charge is 0.349 e. The Bertz CT molecular complexity index is 961. The van der Waals surface area contributed by atoms with Gasteiger partial charge in [0.25, 0.3) is 0 Å². The summed E-state index contributed by atoms with van der Waals surface area (Å²) in [5.74, 6) is 1.58. The van der Waals surface area contributed by atoms with E-state index in [0.717, 1.165) is 49.1 Å². The Labute approximate surface area is 189 Å². The number of para-hydroxylation sites is 1. The second kappa shape index (κ2) is 8.99. The van der Waals surface area contributed by atoms with Crippen molar-refractivity contribution in [3.05, 3.63) is 45.9 Å². The van der Waals surface area contributed by atoms with Crippen molar-refractivity contribution in [1.82, 2.24) is 15.2 Å². The summed E-state index contributed by atoms with van der Waals surface area (Å²) in [5, 5.41) is 6.74. The maximum atomic E-state index is 12.0. The summed E-state index contributed by atoms with van der Waals surface area (Å²) >= 11 is 1.70. The number of fused-ring (bicyclic) bond motifs is 1. The molecule has 1 fully saturated rings. The summed E-state index contributed by atoms with van der Waals surface area (Å²) in [7, 11) is 1.84. The van der Waals surface area contributed by atoms with E-state index in [4.69, 9.17) is 4.98 Å². The molecule has 1 aromatic heterocycles. The summed E-state index contributed by atoms with van der Waals surface area (Å²) in [4.78, 5) is 25.7. The van der Waals surface area contributed by atoms with Gasteiger partial charge in [0, 0.05) is 55.5 Å². The predicted octanol–water partition coefficient (Wildman–Crippen LogP) is 4.13. The molecule has 1 aromatic carbocycles. The number of aliphatic imine (C=N–C) groups is 1. The Morgan fingerprint density at radius 1 is 1.32 bits per heavy atom. The number of likely N-dealkylation sites (tertiary alicyclic amines) is 1. The first-order valence-corrected chi connectivity index (χ1v) is 12.0. The number of benzene rings is 1. The van der Waals surface area contributed by atoms with Gasteiger partial charge in [-0.15, -0.1) is 11.3 Å². The molecule has 1 atom stereocenters. The first kappa shape index (κ1) is 21.8. The van der Waals surface area contributed by atoms with Gasteiger partial charge in [-0.05, 0) is 24.5 Å². The lowest BCUT2D eigenvalue weighted by Gasteiger charge is -2.23. The summed E-state index contributed by atoms with van der Waals surface area (Å²) in [6.45, 7) is 9.86. The zero-order valence-corrected chi connectivity index (χ0v) is 19.8. The van der Waals surface area contributed by atoms with E-state index >= 15 is 0 Å². The van der Waals surface area contributed by atoms with Crippen LogP contribution in [-0.2, 0) is 16.8 Å². The van der Waals surface area contributed by atoms with Crippen LogP contribution in [0.25, 0.3) is 0 Å². The predicted molar refractivity (Wildman–Crippen MR) is 128 cm³/mol. The van der Waals surface area contributed by atoms with Gasteiger partial charge in [-0.2, -0.15) is 0 Å². The molecule has 0 radical (unpaired) electrons. The zero-order chi connectivity index (χ0) is 22.0. The van der Waals surface area contributed by atoms with Gasteiger partial charge in [0.15, 0.2) is 5.96 Å². The standard InChI is InChI=1S/C24H33N5OS/c1-24(2,3)20-16-31-21(27-20)14-26-23(25-4)29-15-17(18-8-5-6-9-19(18)29)11-13-28-12-7-10-22(28)30/h5-6,8-9,16-17H,7,10-15H2,1-4H3,(H,25,26). The number of aromatic nitrogens is 1. The number of thiazole rings is 1. The Kier molecular flexibility index (Phi) is 6.32. The van der Waals surface area contributed by atoms with Gasteiger partial charge in [-0.25, -0.2) is 4.98 Å². The maximum Gasteiger partial charge on any atom is 0.222 e. The average Bonchev–Trinajstić information content (AvgIpc) is 3.46. The van der Waals surface area contributed by atoms with Crippen molar-refractivity contribution in [2.75, 3.05) is 31.6 Å². The molecule has 31 heavy (non-hydrogen) atoms. The Hall–Kier alpha value is -2.41. The number of nitrogens with one attached hydrogen (secondary N) is 1. The van der Waals surface area contributed by atoms with Crippen molar-refractivity contribution in [3.8, 4) is 0 Å². The van der Waals surface area contributed by atoms with E-state index in [0.29, 0.717) is 24.8 Å². The number of nitrogens with zero attached hydrogens (tertiary/aromatic N) is 4. The second-order valence-corrected chi connectivity index (χ2v) is 10.4. The minimum atomic E-state index is 0.0638. The lowest BCUT2D eigenvalue weighted by atomic mass is 9.93. The molecule has 0 spiro atoms. The number of hydrogen-bond donors (Lipinski definition) is 1. The molecule has 0 aliphatic carbocycles. The van der Waals surface area contributed by atoms with E-state index in [-0.39, 0.29) is 5.41 Å². The van der Waals surface area contributed by atoms with Crippen LogP contribution in [0.3, 0.4) is 0 Å². The molecule has 1 N–H and O–H groups in total. The lowest BCUT2D eigenvalue weighted by Crippen LogP contribution is -2.40. The van der Waals surface area contributed by atoms with Crippen molar-refractivity contribution in [2.24, 2.45) is 4.99 Å². The molecule has 2 aliphatic rings. The third-order valence-corrected chi connectivity index (χ3v) is 7.02. The van der Waals surface area contributed by atoms with Crippen molar-refractivity contribution >= 4 is 28.9 Å². The highest BCUT2D eigenvalue weighted by Gasteiger charge is 2.32. The van der Waals surface area contributed by atoms with Crippen molar-refractivity contribution in [1.29, 1.82) is 0 Å². The van der Waals surface area contributed by atoms with Gasteiger partial charge >= 0.3 is 0 Å². The van der Waals surface area contributed by atoms with Crippen LogP contribution in [0.2, 0.25) is 0 Å². The third kappa shape index (κ3) is 4.76. The highest BCUT2D eigenvalue weighted by molar-refractivity contribution is 7.09. The van der Waals surface area contributed by atoms with Crippen LogP contribution in [0, 0.1) is 0 Å². The van der Waals surface area contributed by atoms with Crippen LogP contribution in [0.15, 0.2) is 34.6 Å². The van der Waals surface area contributed by atoms with Crippen LogP contribution in [0.1, 0.15) is 62.2 Å². The normalized spacial score (nSPS) is 19.3. The van der Waals surface area contributed by atoms with E-state index in [1.807, 2.05) is 11.9 Å². The highest BCUT2D eigenvalue weighted by Crippen LogP contribution is 2.38. The highest BCUT2D eigenvalue weighted by atomic mass is 32.1. The number of hydrogen-bond acceptors (Lipinski definition) is 4. The summed E-state index contributed by atoms with van der Waals surface area (Å²) < 4.78 is 0. The number of rotatable bonds is 5. The van der Waals surface area contributed by atoms with Crippen molar-refractivity contribution < 1.29 is 4.79 Å². The van der Waals surface area contributed by atoms with Crippen LogP contribution < -0.4 is 10.2 Å². The Morgan fingerprint density at radius 2 is 2.13 bits per heavy atom. The maximum absolute atomic E-state index is 12.0. The first-order valence-electron chi connectivity index (χ1n) is 11.2. The van der Waals surface area contributed by atoms with Crippen molar-refractivity contribution in [2.45, 2.75) is 57.9 Å². The molecule has 6 nitrogen and oxygen atoms in total. The molecule has 3 heterocycles. The molecule has 1 amide bonds. The molecule has 1 unspecified atom stereocenters. The number of carbonyl (C=O) groups excluding carboxylic acids is 1. The number of carbonyl (C=O) groups is 1. The fourth-order valence-electron chi connectivity index (χ4n) is 4.38. The smallest absolute Gasteiger partial charge is 0.222 e. The van der Waals surface area contributed by atoms with E-state index in [1.54, 1.807) is 11.3 Å². The molecule has 166 valence electrons. The zero-order valence-electron chi connectivity index (χ0n) is 19.0. The van der Waals surface area contributed by atoms with Crippen LogP contribution in [0.4, 0.5) is 5.69 Å². The fraction of sp³-hybridized carbons (Fsp3) is 0.542. The van der Waals surface area contributed by atoms with Gasteiger partial charge in [0.05, 0.1) is 12.2 Å². The minimum absolute atomic E-state index is 0.0638. The van der Waals surface area contributed by atoms with Crippen LogP contribution in [-0.4, -0.2) is 48.4 Å². The average molecular weight is 440 g/mol. The lowest BCUT2D eigenvalue weighted by molar-refractivity contribution is -0.127. The fourth-order valence-corrected chi connectivity index (χ4v) is 5.34. The van der Waals surface area contributed by atoms with E-state index in [2.05, 4.69) is 65.6 Å². The number of amides is 1. The Morgan fingerprint density at radius 3 is 2.81 bits per heavy atom. The Balaban J connectivity index is 1.43. The molecule has 0 bridgehead atoms. The van der Waals surface area contributed by atoms with Crippen LogP contribution >= 0.6 is 11.3 Å². The van der Waals surface area contributed by atoms with Crippen LogP contribution in [0.5, 0.6) is 0 Å². The molecular formula is C24H33N5OS. The minimum Gasteiger partial charge on any atom is -0.349 e. The van der Waals surface area contributed by atoms with Crippen molar-refractivity contribution in [3.63, 3.8) is 0 Å². The topological polar surface area (TPSA) is 60.8 Å². The quantitative estimate of drug-likeness (QED) is 0.562. The van der Waals surface area contributed by atoms with Gasteiger partial charge < -0.3 is 15.1 Å². The summed E-state index contributed by atoms with van der Waals surface area (Å²) in [6.07, 6.45) is 2.69. The van der Waals surface area contributed by atoms with E-state index in [9.17, 15) is 4.79 Å². The van der Waals surface area contributed by atoms with Gasteiger partial charge in [0.2, 0.25) is 5.91 Å². The summed E-state index contributed by atoms with van der Waals surface area (Å²) in [6, 6.07) is 8.58. The van der Waals surface area contributed by atoms with Gasteiger partial charge in [-0.3, -0.25) is 9.79 Å². The summed E-state index contributed by atoms with van der Waals surface area (Å²) in [5.41, 5.74) is 3.76. The van der Waals surface area contributed by atoms with Gasteiger partial charge in [0.1, 0.15) is 5.01 Å². The second-order valence-electron chi connectivity index (χ2n) is 9.42. The van der Waals surface area contributed by atoms with E-state index < -0.39 is 0 Å². The third-order valence-electron chi connectivity index (χ3n) is 6.17. The molecule has 2 aliphatic heterocycles. The number of anilines is 1. The molecular weight excluding hydrogens is 406 g/mol. The van der Waals surface area contributed by atoms with E-state index in [1.165, 1.54) is 11.3 Å². The van der Waals surface area contributed by atoms with Gasteiger partial charge in [-0.1, -0.05) is 39.0 Å². The molecule has 2 aromatic rings. The molecule has 0 saturated carbocycles. The monoisotopic (exact) mass is 439 g/mol. The first-order chi connectivity index (χ1) is 14.9. The SMILES string of the molecule is CN=C(NCc1nc(C(C)(C)C)cs1)N1CC(CCN2CCCC2=O)c2ccccc21. The number of guanidine groups is 1. The molecule has 4 rings (SSSR count). The molecule has 7 heteroatoms.